The fraction of sp³-hybridized carbons (Fsp3) is 0.278. The highest BCUT2D eigenvalue weighted by atomic mass is 32.2. The van der Waals surface area contributed by atoms with Gasteiger partial charge in [0.25, 0.3) is 0 Å². The summed E-state index contributed by atoms with van der Waals surface area (Å²) in [6.45, 7) is 2.12. The van der Waals surface area contributed by atoms with Crippen molar-refractivity contribution in [3.8, 4) is 11.5 Å². The van der Waals surface area contributed by atoms with Gasteiger partial charge < -0.3 is 10.1 Å². The average molecular weight is 313 g/mol. The van der Waals surface area contributed by atoms with E-state index in [1.165, 1.54) is 0 Å². The molecule has 1 amide bonds. The molecule has 114 valence electrons. The summed E-state index contributed by atoms with van der Waals surface area (Å²) in [7, 11) is 0. The van der Waals surface area contributed by atoms with Crippen molar-refractivity contribution in [1.29, 1.82) is 0 Å². The number of carbonyl (C=O) groups excluding carboxylic acids is 1. The predicted molar refractivity (Wildman–Crippen MR) is 90.6 cm³/mol. The lowest BCUT2D eigenvalue weighted by molar-refractivity contribution is -0.119. The number of ether oxygens (including phenoxy) is 1. The van der Waals surface area contributed by atoms with Crippen molar-refractivity contribution in [3.63, 3.8) is 0 Å². The summed E-state index contributed by atoms with van der Waals surface area (Å²) in [4.78, 5) is 12.2. The second-order valence-electron chi connectivity index (χ2n) is 5.23. The van der Waals surface area contributed by atoms with Crippen molar-refractivity contribution in [2.24, 2.45) is 0 Å². The van der Waals surface area contributed by atoms with E-state index in [1.54, 1.807) is 11.8 Å². The van der Waals surface area contributed by atoms with E-state index in [0.717, 1.165) is 34.8 Å². The fourth-order valence-electron chi connectivity index (χ4n) is 2.58. The Hall–Kier alpha value is -1.94. The van der Waals surface area contributed by atoms with Crippen LogP contribution in [0.3, 0.4) is 0 Å². The van der Waals surface area contributed by atoms with Crippen molar-refractivity contribution in [2.75, 3.05) is 11.5 Å². The normalized spacial score (nSPS) is 13.0. The van der Waals surface area contributed by atoms with Gasteiger partial charge in [0, 0.05) is 11.1 Å². The molecule has 22 heavy (non-hydrogen) atoms. The Morgan fingerprint density at radius 2 is 1.68 bits per heavy atom. The van der Waals surface area contributed by atoms with Gasteiger partial charge in [-0.3, -0.25) is 4.79 Å². The maximum atomic E-state index is 12.2. The third-order valence-electron chi connectivity index (χ3n) is 3.57. The molecule has 0 radical (unpaired) electrons. The van der Waals surface area contributed by atoms with E-state index in [1.807, 2.05) is 48.5 Å². The van der Waals surface area contributed by atoms with E-state index < -0.39 is 0 Å². The quantitative estimate of drug-likeness (QED) is 0.843. The first kappa shape index (κ1) is 15.0. The van der Waals surface area contributed by atoms with Crippen LogP contribution in [-0.4, -0.2) is 17.4 Å². The molecule has 2 aromatic rings. The van der Waals surface area contributed by atoms with Crippen LogP contribution in [0.2, 0.25) is 0 Å². The van der Waals surface area contributed by atoms with Gasteiger partial charge in [-0.05, 0) is 24.3 Å². The molecule has 1 N–H and O–H groups in total. The molecule has 1 aliphatic heterocycles. The highest BCUT2D eigenvalue weighted by Crippen LogP contribution is 2.42. The number of para-hydroxylation sites is 2. The van der Waals surface area contributed by atoms with E-state index in [0.29, 0.717) is 5.75 Å². The highest BCUT2D eigenvalue weighted by molar-refractivity contribution is 7.99. The average Bonchev–Trinajstić information content (AvgIpc) is 2.55. The topological polar surface area (TPSA) is 38.3 Å². The summed E-state index contributed by atoms with van der Waals surface area (Å²) in [5, 5.41) is 3.15. The van der Waals surface area contributed by atoms with Gasteiger partial charge in [-0.2, -0.15) is 11.8 Å². The second-order valence-corrected chi connectivity index (χ2v) is 6.34. The minimum Gasteiger partial charge on any atom is -0.457 e. The number of hydrogen-bond donors (Lipinski definition) is 1. The third kappa shape index (κ3) is 3.12. The Balaban J connectivity index is 1.85. The number of benzene rings is 2. The van der Waals surface area contributed by atoms with E-state index in [2.05, 4.69) is 12.2 Å². The zero-order chi connectivity index (χ0) is 15.4. The summed E-state index contributed by atoms with van der Waals surface area (Å²) < 4.78 is 5.93. The first-order valence-electron chi connectivity index (χ1n) is 7.52. The van der Waals surface area contributed by atoms with E-state index >= 15 is 0 Å². The molecule has 0 saturated carbocycles. The summed E-state index contributed by atoms with van der Waals surface area (Å²) in [6, 6.07) is 15.6. The maximum absolute atomic E-state index is 12.2. The van der Waals surface area contributed by atoms with Crippen LogP contribution in [0, 0.1) is 0 Å². The Morgan fingerprint density at radius 1 is 1.09 bits per heavy atom. The van der Waals surface area contributed by atoms with Gasteiger partial charge in [0.05, 0.1) is 11.8 Å². The smallest absolute Gasteiger partial charge is 0.230 e. The zero-order valence-electron chi connectivity index (χ0n) is 12.5. The number of rotatable bonds is 5. The van der Waals surface area contributed by atoms with Gasteiger partial charge in [0.2, 0.25) is 5.91 Å². The van der Waals surface area contributed by atoms with Crippen LogP contribution in [0.4, 0.5) is 0 Å². The molecule has 3 rings (SSSR count). The lowest BCUT2D eigenvalue weighted by Crippen LogP contribution is -2.32. The van der Waals surface area contributed by atoms with Crippen molar-refractivity contribution >= 4 is 17.7 Å². The lowest BCUT2D eigenvalue weighted by Gasteiger charge is -2.28. The highest BCUT2D eigenvalue weighted by Gasteiger charge is 2.27. The van der Waals surface area contributed by atoms with Crippen molar-refractivity contribution in [2.45, 2.75) is 19.4 Å². The number of fused-ring (bicyclic) bond motifs is 2. The number of carbonyl (C=O) groups is 1. The van der Waals surface area contributed by atoms with Crippen molar-refractivity contribution in [1.82, 2.24) is 5.32 Å². The van der Waals surface area contributed by atoms with Gasteiger partial charge in [0.15, 0.2) is 0 Å². The van der Waals surface area contributed by atoms with Gasteiger partial charge in [0.1, 0.15) is 11.5 Å². The number of thioether (sulfide) groups is 1. The number of amides is 1. The third-order valence-corrected chi connectivity index (χ3v) is 4.73. The molecule has 0 aromatic heterocycles. The van der Waals surface area contributed by atoms with Crippen LogP contribution >= 0.6 is 11.8 Å². The Labute approximate surface area is 135 Å². The number of hydrogen-bond acceptors (Lipinski definition) is 3. The molecule has 0 unspecified atom stereocenters. The Kier molecular flexibility index (Phi) is 4.68. The van der Waals surface area contributed by atoms with Crippen LogP contribution < -0.4 is 10.1 Å². The van der Waals surface area contributed by atoms with Crippen LogP contribution in [0.15, 0.2) is 48.5 Å². The molecular weight excluding hydrogens is 294 g/mol. The first-order valence-corrected chi connectivity index (χ1v) is 8.68. The maximum Gasteiger partial charge on any atom is 0.230 e. The molecule has 0 atom stereocenters. The molecule has 4 heteroatoms. The molecule has 2 aromatic carbocycles. The molecule has 0 bridgehead atoms. The van der Waals surface area contributed by atoms with Gasteiger partial charge in [-0.1, -0.05) is 43.3 Å². The van der Waals surface area contributed by atoms with Crippen LogP contribution in [-0.2, 0) is 4.79 Å². The number of nitrogens with one attached hydrogen (secondary N) is 1. The fourth-order valence-corrected chi connectivity index (χ4v) is 3.28. The van der Waals surface area contributed by atoms with Crippen LogP contribution in [0.1, 0.15) is 30.5 Å². The molecule has 0 fully saturated rings. The largest absolute Gasteiger partial charge is 0.457 e. The summed E-state index contributed by atoms with van der Waals surface area (Å²) in [6.07, 6.45) is 1.08. The van der Waals surface area contributed by atoms with Gasteiger partial charge in [-0.25, -0.2) is 0 Å². The Bertz CT molecular complexity index is 626. The molecule has 0 aliphatic carbocycles. The standard InChI is InChI=1S/C18H19NO2S/c1-2-11-22-12-17(20)19-18-13-7-3-5-9-15(13)21-16-10-6-4-8-14(16)18/h3-10,18H,2,11-12H2,1H3,(H,19,20). The van der Waals surface area contributed by atoms with Gasteiger partial charge in [-0.15, -0.1) is 0 Å². The molecule has 1 aliphatic rings. The molecular formula is C18H19NO2S. The van der Waals surface area contributed by atoms with Crippen molar-refractivity contribution in [3.05, 3.63) is 59.7 Å². The summed E-state index contributed by atoms with van der Waals surface area (Å²) >= 11 is 1.67. The summed E-state index contributed by atoms with van der Waals surface area (Å²) in [5.74, 6) is 3.19. The zero-order valence-corrected chi connectivity index (χ0v) is 13.4. The van der Waals surface area contributed by atoms with Crippen LogP contribution in [0.5, 0.6) is 11.5 Å². The molecule has 1 heterocycles. The summed E-state index contributed by atoms with van der Waals surface area (Å²) in [5.41, 5.74) is 2.02. The molecule has 3 nitrogen and oxygen atoms in total. The van der Waals surface area contributed by atoms with E-state index in [-0.39, 0.29) is 11.9 Å². The van der Waals surface area contributed by atoms with Gasteiger partial charge >= 0.3 is 0 Å². The first-order chi connectivity index (χ1) is 10.8. The molecule has 0 spiro atoms. The Morgan fingerprint density at radius 3 is 2.27 bits per heavy atom. The van der Waals surface area contributed by atoms with Crippen molar-refractivity contribution < 1.29 is 9.53 Å². The monoisotopic (exact) mass is 313 g/mol. The lowest BCUT2D eigenvalue weighted by atomic mass is 9.94. The SMILES string of the molecule is CCCSCC(=O)NC1c2ccccc2Oc2ccccc21. The minimum absolute atomic E-state index is 0.0648. The van der Waals surface area contributed by atoms with Crippen LogP contribution in [0.25, 0.3) is 0 Å². The second kappa shape index (κ2) is 6.88. The minimum atomic E-state index is -0.143. The van der Waals surface area contributed by atoms with E-state index in [4.69, 9.17) is 4.74 Å². The predicted octanol–water partition coefficient (Wildman–Crippen LogP) is 4.14. The molecule has 0 saturated heterocycles. The van der Waals surface area contributed by atoms with E-state index in [9.17, 15) is 4.79 Å².